The quantitative estimate of drug-likeness (QED) is 0.0199. The summed E-state index contributed by atoms with van der Waals surface area (Å²) < 4.78 is 149. The number of thiol groups is 1. The molecule has 2 N–H and O–H groups in total. The molecule has 14 aromatic heterocycles. The van der Waals surface area contributed by atoms with Gasteiger partial charge in [0.1, 0.15) is 70.7 Å². The summed E-state index contributed by atoms with van der Waals surface area (Å²) in [5.41, 5.74) is 12.7. The summed E-state index contributed by atoms with van der Waals surface area (Å²) in [5, 5.41) is 25.7. The number of pyridine rings is 7. The predicted octanol–water partition coefficient (Wildman–Crippen LogP) is 19.3. The van der Waals surface area contributed by atoms with E-state index in [1.54, 1.807) is 176 Å². The van der Waals surface area contributed by atoms with Crippen LogP contribution in [0.2, 0.25) is 36.1 Å². The normalized spacial score (nSPS) is 12.3. The van der Waals surface area contributed by atoms with E-state index in [4.69, 9.17) is 86.9 Å². The van der Waals surface area contributed by atoms with Crippen molar-refractivity contribution in [3.8, 4) is 39.8 Å². The highest BCUT2D eigenvalue weighted by atomic mass is 35.5. The van der Waals surface area contributed by atoms with E-state index in [1.165, 1.54) is 99.1 Å². The first kappa shape index (κ1) is 114. The van der Waals surface area contributed by atoms with Gasteiger partial charge in [-0.2, -0.15) is 96.6 Å². The summed E-state index contributed by atoms with van der Waals surface area (Å²) in [7, 11) is 5.72. The van der Waals surface area contributed by atoms with Gasteiger partial charge in [0.25, 0.3) is 0 Å². The number of aromatic nitrogens is 21. The Kier molecular flexibility index (Phi) is 41.1. The lowest BCUT2D eigenvalue weighted by atomic mass is 10.2. The van der Waals surface area contributed by atoms with Crippen LogP contribution in [0.4, 0.5) is 88.1 Å². The Morgan fingerprint density at radius 3 is 0.945 bits per heavy atom. The van der Waals surface area contributed by atoms with Gasteiger partial charge in [-0.25, -0.2) is 37.8 Å². The van der Waals surface area contributed by atoms with Crippen LogP contribution in [0.15, 0.2) is 220 Å². The highest BCUT2D eigenvalue weighted by Gasteiger charge is 2.43. The number of alkyl halides is 11. The lowest BCUT2D eigenvalue weighted by molar-refractivity contribution is -0.153. The van der Waals surface area contributed by atoms with Gasteiger partial charge in [0, 0.05) is 110 Å². The average molecular weight is 2210 g/mol. The van der Waals surface area contributed by atoms with Gasteiger partial charge in [-0.05, 0) is 142 Å². The molecule has 0 unspecified atom stereocenters. The van der Waals surface area contributed by atoms with Gasteiger partial charge in [0.2, 0.25) is 29.5 Å². The number of hydrogen-bond donors (Lipinski definition) is 2. The first-order valence-electron chi connectivity index (χ1n) is 43.0. The number of Topliss-reactive ketones (excluding diaryl/α,β-unsaturated/α-hetero) is 1. The average Bonchev–Trinajstić information content (AvgIpc) is 1.76. The lowest BCUT2D eigenvalue weighted by Gasteiger charge is -2.22. The van der Waals surface area contributed by atoms with Crippen LogP contribution in [0.1, 0.15) is 78.1 Å². The number of amides is 6. The molecule has 0 atom stereocenters. The fourth-order valence-corrected chi connectivity index (χ4v) is 14.6. The van der Waals surface area contributed by atoms with Crippen LogP contribution >= 0.6 is 106 Å². The molecule has 56 heteroatoms. The predicted molar refractivity (Wildman–Crippen MR) is 534 cm³/mol. The van der Waals surface area contributed by atoms with Gasteiger partial charge in [-0.1, -0.05) is 93.0 Å². The molecule has 36 nitrogen and oxygen atoms in total. The highest BCUT2D eigenvalue weighted by molar-refractivity contribution is 8.00. The minimum Gasteiger partial charge on any atom is -0.387 e. The van der Waals surface area contributed by atoms with Gasteiger partial charge < -0.3 is 39.9 Å². The van der Waals surface area contributed by atoms with Crippen molar-refractivity contribution in [3.63, 3.8) is 0 Å². The minimum atomic E-state index is -4.57. The van der Waals surface area contributed by atoms with Crippen LogP contribution in [0, 0.1) is 11.8 Å². The van der Waals surface area contributed by atoms with Gasteiger partial charge in [-0.15, -0.1) is 0 Å². The lowest BCUT2D eigenvalue weighted by Crippen LogP contribution is -2.39. The molecule has 2 aliphatic carbocycles. The van der Waals surface area contributed by atoms with Crippen LogP contribution in [0.25, 0.3) is 39.8 Å². The van der Waals surface area contributed by atoms with E-state index >= 15 is 0 Å². The number of carbonyl (C=O) groups excluding carboxylic acids is 7. The number of halogens is 18. The van der Waals surface area contributed by atoms with E-state index in [9.17, 15) is 81.9 Å². The van der Waals surface area contributed by atoms with Gasteiger partial charge in [-0.3, -0.25) is 63.7 Å². The maximum absolute atomic E-state index is 13.4. The van der Waals surface area contributed by atoms with Crippen molar-refractivity contribution in [2.45, 2.75) is 102 Å². The number of aliphatic imine (C=N–C) groups is 1. The van der Waals surface area contributed by atoms with Crippen molar-refractivity contribution >= 4 is 192 Å². The maximum atomic E-state index is 13.4. The molecular formula is C90H87Cl7F11N29O7S2. The molecule has 0 aromatic carbocycles. The minimum absolute atomic E-state index is 0.0185. The number of nitrogens with two attached hydrogens (primary N) is 1. The largest absolute Gasteiger partial charge is 0.397 e. The third-order valence-corrected chi connectivity index (χ3v) is 23.1. The molecule has 0 radical (unpaired) electrons. The van der Waals surface area contributed by atoms with Crippen molar-refractivity contribution in [2.75, 3.05) is 82.7 Å². The van der Waals surface area contributed by atoms with Gasteiger partial charge in [0.15, 0.2) is 36.1 Å². The van der Waals surface area contributed by atoms with Crippen molar-refractivity contribution in [2.24, 2.45) is 22.6 Å². The molecule has 772 valence electrons. The Balaban J connectivity index is 0.000000175. The van der Waals surface area contributed by atoms with Gasteiger partial charge >= 0.3 is 29.7 Å². The summed E-state index contributed by atoms with van der Waals surface area (Å²) in [6.07, 6.45) is 20.8. The molecule has 2 fully saturated rings. The van der Waals surface area contributed by atoms with Crippen LogP contribution in [-0.2, 0) is 33.6 Å². The molecule has 14 heterocycles. The number of ketones is 1. The van der Waals surface area contributed by atoms with E-state index in [-0.39, 0.29) is 115 Å². The molecule has 14 aromatic rings. The van der Waals surface area contributed by atoms with E-state index < -0.39 is 66.7 Å². The van der Waals surface area contributed by atoms with E-state index in [2.05, 4.69) is 88.2 Å². The zero-order chi connectivity index (χ0) is 107. The van der Waals surface area contributed by atoms with Gasteiger partial charge in [0.05, 0.1) is 127 Å². The number of carbonyl (C=O) groups is 7. The van der Waals surface area contributed by atoms with Crippen LogP contribution in [0.5, 0.6) is 0 Å². The highest BCUT2D eigenvalue weighted by Crippen LogP contribution is 2.40. The van der Waals surface area contributed by atoms with E-state index in [1.807, 2.05) is 24.3 Å². The van der Waals surface area contributed by atoms with E-state index in [0.717, 1.165) is 68.6 Å². The fourth-order valence-electron chi connectivity index (χ4n) is 12.4. The number of anilines is 6. The Labute approximate surface area is 870 Å². The Bertz CT molecular complexity index is 6740. The van der Waals surface area contributed by atoms with Crippen LogP contribution < -0.4 is 35.1 Å². The molecule has 2 aliphatic rings. The smallest absolute Gasteiger partial charge is 0.387 e. The number of rotatable bonds is 28. The third kappa shape index (κ3) is 33.8. The standard InChI is InChI=1S/C15H14ClF3N4O.C14H15ClN4O2.C13H12ClF3N4O.C12H10ClF3N4O.C12H11ClF2N4OS.C12H12ClN5.C12H13ClN4OS/c16-14-12(9-23(21-14)11-2-1-5-20-7-11)22(8-10-3-4-10)13(24)6-15(17,18)19;1-10(20)5-6-13(21)18(2)12-9-19(17-14(12)15)11-4-3-7-16-8-11;1-2-20(11(22)6-13(15,16)17)10-8-21(19-12(10)14)9-4-3-5-18-7-9;1-19(10(21)5-12(14,15)16)9-7-20(18-11(9)13)8-3-2-4-17-6-8;1-18(11(20)12(14,15)21-2)9-7-19(17-10(9)13)8-4-3-5-16-6-8;13-11-10(16-12(14)8-3-4-8)7-18(17-11)9-2-1-5-15-6-9;1-16(11(18)4-6-19)10-8-17(15-12(10)13)9-3-2-5-14-7-9/h1-2,5,7,9-10H,3-4,6,8H2;3-4,7-9H,5-6H2,1-2H3;3-5,7-8H,2,6H2,1H3;2-4,6-7H,5H2,1H3;3-7H,1-2H3;1-2,5-8H,3-4H2,(H2,14,16);2-3,5,7-8,19H,4,6H2,1H3. The monoisotopic (exact) mass is 2200 g/mol. The summed E-state index contributed by atoms with van der Waals surface area (Å²) in [6, 6.07) is 24.6. The molecule has 2 saturated carbocycles. The molecule has 0 bridgehead atoms. The first-order chi connectivity index (χ1) is 69.1. The molecule has 16 rings (SSSR count). The second-order valence-electron chi connectivity index (χ2n) is 31.1. The molecule has 0 aliphatic heterocycles. The first-order valence-corrected chi connectivity index (χ1v) is 47.5. The van der Waals surface area contributed by atoms with Crippen molar-refractivity contribution in [1.29, 1.82) is 0 Å². The number of thioether (sulfide) groups is 1. The fraction of sp³-hybridized carbons (Fsp3) is 0.289. The van der Waals surface area contributed by atoms with Crippen molar-refractivity contribution in [1.82, 2.24) is 103 Å². The second-order valence-corrected chi connectivity index (χ2v) is 35.0. The van der Waals surface area contributed by atoms with Crippen molar-refractivity contribution in [3.05, 3.63) is 251 Å². The van der Waals surface area contributed by atoms with E-state index in [0.29, 0.717) is 68.9 Å². The Morgan fingerprint density at radius 1 is 0.390 bits per heavy atom. The third-order valence-electron chi connectivity index (χ3n) is 20.3. The number of nitrogens with zero attached hydrogens (tertiary/aromatic N) is 28. The van der Waals surface area contributed by atoms with Crippen molar-refractivity contribution < 1.29 is 81.9 Å². The summed E-state index contributed by atoms with van der Waals surface area (Å²) in [5.74, 6) is -3.07. The number of amidine groups is 1. The summed E-state index contributed by atoms with van der Waals surface area (Å²) in [4.78, 5) is 121. The molecule has 146 heavy (non-hydrogen) atoms. The molecule has 6 amide bonds. The van der Waals surface area contributed by atoms with Crippen LogP contribution in [-0.4, -0.2) is 227 Å². The zero-order valence-electron chi connectivity index (χ0n) is 77.7. The summed E-state index contributed by atoms with van der Waals surface area (Å²) in [6.45, 7) is 3.29. The van der Waals surface area contributed by atoms with Crippen LogP contribution in [0.3, 0.4) is 0 Å². The molecule has 0 saturated heterocycles. The Morgan fingerprint density at radius 2 is 0.664 bits per heavy atom. The Hall–Kier alpha value is -13.6. The maximum Gasteiger partial charge on any atom is 0.397 e. The topological polar surface area (TPSA) is 392 Å². The molecular weight excluding hydrogens is 2120 g/mol. The molecule has 0 spiro atoms. The second kappa shape index (κ2) is 52.5. The zero-order valence-corrected chi connectivity index (χ0v) is 84.7. The SMILES string of the molecule is CC(=O)CCC(=O)N(C)c1cn(-c2cccnc2)nc1Cl.CCN(C(=O)CC(F)(F)F)c1cn(-c2cccnc2)nc1Cl.CN(C(=O)CC(F)(F)F)c1cn(-c2cccnc2)nc1Cl.CN(C(=O)CCS)c1cn(-c2cccnc2)nc1Cl.CSC(F)(F)C(=O)N(C)c1cn(-c2cccnc2)nc1Cl.NC(=Nc1cn(-c2cccnc2)nc1Cl)C1CC1.O=C(CC(F)(F)F)N(CC1CC1)c1cn(-c2cccnc2)nc1Cl. The number of hydrogen-bond acceptors (Lipinski definition) is 24. The summed E-state index contributed by atoms with van der Waals surface area (Å²) >= 11 is 46.3.